The molecule has 0 spiro atoms. The molecule has 0 aromatic heterocycles. The number of nitrogens with zero attached hydrogens (tertiary/aromatic N) is 1. The Morgan fingerprint density at radius 1 is 1.08 bits per heavy atom. The second-order valence-electron chi connectivity index (χ2n) is 7.06. The molecule has 1 saturated heterocycles. The van der Waals surface area contributed by atoms with Crippen LogP contribution >= 0.6 is 0 Å². The number of hydrogen-bond acceptors (Lipinski definition) is 4. The number of carbonyl (C=O) groups is 2. The first kappa shape index (κ1) is 17.9. The van der Waals surface area contributed by atoms with Crippen molar-refractivity contribution in [3.63, 3.8) is 0 Å². The number of aliphatic hydroxyl groups is 1. The Bertz CT molecular complexity index is 606. The van der Waals surface area contributed by atoms with E-state index in [4.69, 9.17) is 0 Å². The van der Waals surface area contributed by atoms with Crippen molar-refractivity contribution in [3.8, 4) is 0 Å². The van der Waals surface area contributed by atoms with Crippen LogP contribution in [0.5, 0.6) is 0 Å². The number of anilines is 1. The van der Waals surface area contributed by atoms with Gasteiger partial charge in [0.05, 0.1) is 23.9 Å². The van der Waals surface area contributed by atoms with Gasteiger partial charge in [0.1, 0.15) is 0 Å². The summed E-state index contributed by atoms with van der Waals surface area (Å²) < 4.78 is 0. The fourth-order valence-electron chi connectivity index (χ4n) is 3.59. The second kappa shape index (κ2) is 8.45. The van der Waals surface area contributed by atoms with Crippen molar-refractivity contribution in [2.75, 3.05) is 25.0 Å². The lowest BCUT2D eigenvalue weighted by atomic mass is 10.1. The van der Waals surface area contributed by atoms with Gasteiger partial charge in [-0.05, 0) is 37.8 Å². The summed E-state index contributed by atoms with van der Waals surface area (Å²) in [6.45, 7) is 1.72. The highest BCUT2D eigenvalue weighted by Crippen LogP contribution is 2.20. The van der Waals surface area contributed by atoms with Crippen LogP contribution in [-0.4, -0.2) is 53.6 Å². The van der Waals surface area contributed by atoms with Crippen LogP contribution in [0.2, 0.25) is 0 Å². The number of carbonyl (C=O) groups excluding carboxylic acids is 2. The first-order chi connectivity index (χ1) is 12.1. The van der Waals surface area contributed by atoms with Gasteiger partial charge in [-0.3, -0.25) is 14.5 Å². The quantitative estimate of drug-likeness (QED) is 0.759. The van der Waals surface area contributed by atoms with Gasteiger partial charge < -0.3 is 15.7 Å². The molecule has 1 aromatic carbocycles. The van der Waals surface area contributed by atoms with Gasteiger partial charge in [-0.25, -0.2) is 0 Å². The summed E-state index contributed by atoms with van der Waals surface area (Å²) in [7, 11) is 0. The molecule has 6 nitrogen and oxygen atoms in total. The van der Waals surface area contributed by atoms with Crippen molar-refractivity contribution in [3.05, 3.63) is 29.8 Å². The number of rotatable bonds is 5. The van der Waals surface area contributed by atoms with E-state index in [1.54, 1.807) is 12.1 Å². The van der Waals surface area contributed by atoms with Gasteiger partial charge in [-0.2, -0.15) is 0 Å². The average Bonchev–Trinajstić information content (AvgIpc) is 3.10. The number of amides is 2. The molecule has 2 fully saturated rings. The van der Waals surface area contributed by atoms with E-state index in [-0.39, 0.29) is 30.5 Å². The van der Waals surface area contributed by atoms with Crippen molar-refractivity contribution in [1.82, 2.24) is 10.2 Å². The molecule has 3 rings (SSSR count). The molecule has 0 unspecified atom stereocenters. The molecule has 1 aliphatic heterocycles. The van der Waals surface area contributed by atoms with Crippen molar-refractivity contribution < 1.29 is 14.7 Å². The summed E-state index contributed by atoms with van der Waals surface area (Å²) in [6.07, 6.45) is 5.53. The lowest BCUT2D eigenvalue weighted by molar-refractivity contribution is -0.117. The second-order valence-corrected chi connectivity index (χ2v) is 7.06. The number of hydrogen-bond donors (Lipinski definition) is 3. The Kier molecular flexibility index (Phi) is 6.04. The predicted octanol–water partition coefficient (Wildman–Crippen LogP) is 1.75. The molecule has 0 radical (unpaired) electrons. The molecule has 1 aliphatic carbocycles. The van der Waals surface area contributed by atoms with Gasteiger partial charge in [0.2, 0.25) is 5.91 Å². The maximum absolute atomic E-state index is 12.5. The van der Waals surface area contributed by atoms with Gasteiger partial charge in [-0.1, -0.05) is 25.0 Å². The summed E-state index contributed by atoms with van der Waals surface area (Å²) in [6, 6.07) is 7.39. The standard InChI is InChI=1S/C19H27N3O3/c23-15-9-11-22(12-10-15)13-18(24)21-17-8-4-3-7-16(17)19(25)20-14-5-1-2-6-14/h3-4,7-8,14-15,23H,1-2,5-6,9-13H2,(H,20,25)(H,21,24). The molecule has 2 aliphatic rings. The van der Waals surface area contributed by atoms with Gasteiger partial charge >= 0.3 is 0 Å². The van der Waals surface area contributed by atoms with Crippen LogP contribution in [0.1, 0.15) is 48.9 Å². The van der Waals surface area contributed by atoms with E-state index in [2.05, 4.69) is 10.6 Å². The minimum absolute atomic E-state index is 0.121. The van der Waals surface area contributed by atoms with E-state index in [0.717, 1.165) is 38.8 Å². The molecular weight excluding hydrogens is 318 g/mol. The summed E-state index contributed by atoms with van der Waals surface area (Å²) in [5.74, 6) is -0.249. The van der Waals surface area contributed by atoms with Crippen molar-refractivity contribution >= 4 is 17.5 Å². The molecule has 25 heavy (non-hydrogen) atoms. The largest absolute Gasteiger partial charge is 0.393 e. The maximum Gasteiger partial charge on any atom is 0.253 e. The molecule has 3 N–H and O–H groups in total. The number of aliphatic hydroxyl groups excluding tert-OH is 1. The van der Waals surface area contributed by atoms with Crippen LogP contribution in [0.3, 0.4) is 0 Å². The summed E-state index contributed by atoms with van der Waals surface area (Å²) in [4.78, 5) is 26.9. The number of piperidine rings is 1. The maximum atomic E-state index is 12.5. The Hall–Kier alpha value is -1.92. The van der Waals surface area contributed by atoms with Crippen molar-refractivity contribution in [2.45, 2.75) is 50.7 Å². The van der Waals surface area contributed by atoms with E-state index < -0.39 is 0 Å². The van der Waals surface area contributed by atoms with E-state index in [0.29, 0.717) is 24.1 Å². The average molecular weight is 345 g/mol. The minimum Gasteiger partial charge on any atom is -0.393 e. The van der Waals surface area contributed by atoms with Crippen LogP contribution in [0, 0.1) is 0 Å². The lowest BCUT2D eigenvalue weighted by Gasteiger charge is -2.28. The van der Waals surface area contributed by atoms with Crippen molar-refractivity contribution in [2.24, 2.45) is 0 Å². The highest BCUT2D eigenvalue weighted by atomic mass is 16.3. The smallest absolute Gasteiger partial charge is 0.253 e. The molecule has 1 aromatic rings. The Morgan fingerprint density at radius 2 is 1.76 bits per heavy atom. The Labute approximate surface area is 148 Å². The fraction of sp³-hybridized carbons (Fsp3) is 0.579. The summed E-state index contributed by atoms with van der Waals surface area (Å²) in [5.41, 5.74) is 1.07. The van der Waals surface area contributed by atoms with Gasteiger partial charge in [0, 0.05) is 19.1 Å². The molecule has 136 valence electrons. The number of para-hydroxylation sites is 1. The number of nitrogens with one attached hydrogen (secondary N) is 2. The van der Waals surface area contributed by atoms with E-state index in [1.165, 1.54) is 0 Å². The van der Waals surface area contributed by atoms with Crippen LogP contribution in [0.4, 0.5) is 5.69 Å². The van der Waals surface area contributed by atoms with Crippen molar-refractivity contribution in [1.29, 1.82) is 0 Å². The lowest BCUT2D eigenvalue weighted by Crippen LogP contribution is -2.40. The highest BCUT2D eigenvalue weighted by molar-refractivity contribution is 6.04. The van der Waals surface area contributed by atoms with Crippen LogP contribution in [0.25, 0.3) is 0 Å². The van der Waals surface area contributed by atoms with Gasteiger partial charge in [0.25, 0.3) is 5.91 Å². The van der Waals surface area contributed by atoms with Crippen LogP contribution in [-0.2, 0) is 4.79 Å². The zero-order chi connectivity index (χ0) is 17.6. The Balaban J connectivity index is 1.58. The van der Waals surface area contributed by atoms with E-state index in [1.807, 2.05) is 17.0 Å². The molecule has 1 saturated carbocycles. The molecular formula is C19H27N3O3. The van der Waals surface area contributed by atoms with Gasteiger partial charge in [-0.15, -0.1) is 0 Å². The first-order valence-corrected chi connectivity index (χ1v) is 9.22. The molecule has 6 heteroatoms. The zero-order valence-electron chi connectivity index (χ0n) is 14.5. The summed E-state index contributed by atoms with van der Waals surface area (Å²) >= 11 is 0. The summed E-state index contributed by atoms with van der Waals surface area (Å²) in [5, 5.41) is 15.5. The SMILES string of the molecule is O=C(CN1CCC(O)CC1)Nc1ccccc1C(=O)NC1CCCC1. The monoisotopic (exact) mass is 345 g/mol. The molecule has 0 atom stereocenters. The van der Waals surface area contributed by atoms with Crippen LogP contribution in [0.15, 0.2) is 24.3 Å². The number of benzene rings is 1. The predicted molar refractivity (Wildman–Crippen MR) is 96.5 cm³/mol. The van der Waals surface area contributed by atoms with Crippen LogP contribution < -0.4 is 10.6 Å². The topological polar surface area (TPSA) is 81.7 Å². The minimum atomic E-state index is -0.251. The normalized spacial score (nSPS) is 19.7. The fourth-order valence-corrected chi connectivity index (χ4v) is 3.59. The third-order valence-electron chi connectivity index (χ3n) is 5.06. The van der Waals surface area contributed by atoms with E-state index >= 15 is 0 Å². The third kappa shape index (κ3) is 5.03. The molecule has 0 bridgehead atoms. The molecule has 1 heterocycles. The Morgan fingerprint density at radius 3 is 2.48 bits per heavy atom. The molecule has 2 amide bonds. The first-order valence-electron chi connectivity index (χ1n) is 9.22. The third-order valence-corrected chi connectivity index (χ3v) is 5.06. The van der Waals surface area contributed by atoms with E-state index in [9.17, 15) is 14.7 Å². The van der Waals surface area contributed by atoms with Gasteiger partial charge in [0.15, 0.2) is 0 Å². The zero-order valence-corrected chi connectivity index (χ0v) is 14.5. The highest BCUT2D eigenvalue weighted by Gasteiger charge is 2.22. The number of likely N-dealkylation sites (tertiary alicyclic amines) is 1.